The van der Waals surface area contributed by atoms with E-state index < -0.39 is 11.2 Å². The first-order valence-corrected chi connectivity index (χ1v) is 28.1. The van der Waals surface area contributed by atoms with E-state index in [1.807, 2.05) is 44.7 Å². The summed E-state index contributed by atoms with van der Waals surface area (Å²) in [7, 11) is 0. The maximum Gasteiger partial charge on any atom is 0.238 e. The Labute approximate surface area is 443 Å². The average molecular weight is 1030 g/mol. The van der Waals surface area contributed by atoms with Crippen molar-refractivity contribution in [2.24, 2.45) is 11.8 Å². The van der Waals surface area contributed by atoms with Gasteiger partial charge in [-0.2, -0.15) is 0 Å². The van der Waals surface area contributed by atoms with E-state index in [0.29, 0.717) is 82.3 Å². The molecule has 5 aliphatic heterocycles. The summed E-state index contributed by atoms with van der Waals surface area (Å²) in [6, 6.07) is 18.0. The Morgan fingerprint density at radius 3 is 2.21 bits per heavy atom. The van der Waals surface area contributed by atoms with Gasteiger partial charge < -0.3 is 34.2 Å². The zero-order valence-electron chi connectivity index (χ0n) is 43.7. The van der Waals surface area contributed by atoms with Gasteiger partial charge >= 0.3 is 0 Å². The number of anilines is 3. The van der Waals surface area contributed by atoms with Gasteiger partial charge in [0.15, 0.2) is 11.6 Å². The molecule has 1 unspecified atom stereocenters. The number of carbonyl (C=O) groups excluding carboxylic acids is 5. The first-order chi connectivity index (χ1) is 36.9. The third-order valence-electron chi connectivity index (χ3n) is 18.1. The minimum absolute atomic E-state index is 0.00433. The van der Waals surface area contributed by atoms with Crippen molar-refractivity contribution in [2.45, 2.75) is 146 Å². The lowest BCUT2D eigenvalue weighted by Crippen LogP contribution is -2.58. The number of amides is 5. The molecule has 16 nitrogen and oxygen atoms in total. The van der Waals surface area contributed by atoms with E-state index in [-0.39, 0.29) is 71.2 Å². The molecule has 4 saturated heterocycles. The molecule has 3 aromatic heterocycles. The Balaban J connectivity index is 0.699. The highest BCUT2D eigenvalue weighted by Gasteiger charge is 2.56. The van der Waals surface area contributed by atoms with Crippen molar-refractivity contribution < 1.29 is 33.1 Å². The third-order valence-corrected chi connectivity index (χ3v) is 18.1. The molecule has 2 aromatic carbocycles. The van der Waals surface area contributed by atoms with Crippen LogP contribution in [0.25, 0.3) is 22.3 Å². The SMILES string of the molecule is CC(C)n1cnc2cc(-c3ccc4c(c3)N([C@H]3C[C@@H](N5CCCCC5)C3)C(=O)C43CCN(C(=O)C4CCN(C(=O)[C@H]5CC[C@H](Oc6ccc(C7CCC(=O)NC7=O)cc6)CC5)CC4)CC3)nc(Nc3ccncc3F)c21. The molecule has 5 amide bonds. The fourth-order valence-electron chi connectivity index (χ4n) is 13.6. The summed E-state index contributed by atoms with van der Waals surface area (Å²) in [6.45, 7) is 8.48. The average Bonchev–Trinajstić information content (AvgIpc) is 4.00. The zero-order chi connectivity index (χ0) is 52.2. The number of nitrogens with zero attached hydrogens (tertiary/aromatic N) is 8. The molecule has 8 heterocycles. The number of aromatic nitrogens is 4. The van der Waals surface area contributed by atoms with E-state index in [1.54, 1.807) is 18.6 Å². The summed E-state index contributed by atoms with van der Waals surface area (Å²) >= 11 is 0. The van der Waals surface area contributed by atoms with Gasteiger partial charge in [0, 0.05) is 80.0 Å². The second kappa shape index (κ2) is 20.7. The first kappa shape index (κ1) is 50.1. The molecule has 2 aliphatic carbocycles. The zero-order valence-corrected chi connectivity index (χ0v) is 43.7. The van der Waals surface area contributed by atoms with Gasteiger partial charge in [-0.15, -0.1) is 0 Å². The molecule has 17 heteroatoms. The topological polar surface area (TPSA) is 175 Å². The number of hydrogen-bond donors (Lipinski definition) is 2. The predicted molar refractivity (Wildman–Crippen MR) is 285 cm³/mol. The standard InChI is InChI=1S/C59H69FN10O6/c1-36(2)69-35-62-50-33-49(64-54(53(50)69)63-48-18-23-61-34-47(48)60)40-10-16-46-51(30-40)70(42-31-41(32-42)66-24-4-3-5-25-66)58(75)59(46)21-28-68(29-22-59)57(74)39-19-26-67(27-20-39)56(73)38-8-13-44(14-9-38)76-43-11-6-37(7-12-43)45-15-17-52(71)65-55(45)72/h6-7,10-12,16,18,23,30,33-36,38-39,41-42,44-45H,3-5,8-9,13-15,17,19-22,24-29,31-32H2,1-2H3,(H,61,63,64)(H,65,71,72)/t38-,41-,42+,44-,45?. The fraction of sp³-hybridized carbons (Fsp3) is 0.525. The number of ether oxygens (including phenoxy) is 1. The van der Waals surface area contributed by atoms with Crippen LogP contribution in [0.15, 0.2) is 73.3 Å². The van der Waals surface area contributed by atoms with Gasteiger partial charge in [-0.1, -0.05) is 30.7 Å². The van der Waals surface area contributed by atoms with Crippen LogP contribution in [0.3, 0.4) is 0 Å². The van der Waals surface area contributed by atoms with Gasteiger partial charge in [0.05, 0.1) is 46.9 Å². The fourth-order valence-corrected chi connectivity index (χ4v) is 13.6. The molecule has 0 bridgehead atoms. The summed E-state index contributed by atoms with van der Waals surface area (Å²) in [4.78, 5) is 89.9. The van der Waals surface area contributed by atoms with Crippen molar-refractivity contribution in [1.82, 2.24) is 39.5 Å². The quantitative estimate of drug-likeness (QED) is 0.121. The van der Waals surface area contributed by atoms with Gasteiger partial charge in [0.25, 0.3) is 0 Å². The summed E-state index contributed by atoms with van der Waals surface area (Å²) in [5.74, 6) is 0.116. The van der Waals surface area contributed by atoms with Crippen LogP contribution in [-0.2, 0) is 29.4 Å². The molecule has 398 valence electrons. The largest absolute Gasteiger partial charge is 0.490 e. The number of imide groups is 1. The Bertz CT molecular complexity index is 3030. The molecule has 2 N–H and O–H groups in total. The van der Waals surface area contributed by atoms with Crippen LogP contribution < -0.4 is 20.3 Å². The maximum absolute atomic E-state index is 15.3. The van der Waals surface area contributed by atoms with Gasteiger partial charge in [0.1, 0.15) is 11.3 Å². The lowest BCUT2D eigenvalue weighted by Gasteiger charge is -2.48. The number of imidazole rings is 1. The van der Waals surface area contributed by atoms with Crippen LogP contribution in [0.1, 0.15) is 133 Å². The number of carbonyl (C=O) groups is 5. The Kier molecular flexibility index (Phi) is 13.6. The molecule has 76 heavy (non-hydrogen) atoms. The highest BCUT2D eigenvalue weighted by Crippen LogP contribution is 2.52. The van der Waals surface area contributed by atoms with Crippen molar-refractivity contribution in [3.05, 3.63) is 90.3 Å². The van der Waals surface area contributed by atoms with Crippen molar-refractivity contribution >= 4 is 57.8 Å². The number of hydrogen-bond acceptors (Lipinski definition) is 11. The Hall–Kier alpha value is -6.75. The Morgan fingerprint density at radius 2 is 1.51 bits per heavy atom. The minimum atomic E-state index is -0.748. The Morgan fingerprint density at radius 1 is 0.803 bits per heavy atom. The smallest absolute Gasteiger partial charge is 0.238 e. The van der Waals surface area contributed by atoms with Crippen molar-refractivity contribution in [2.75, 3.05) is 49.5 Å². The van der Waals surface area contributed by atoms with Crippen molar-refractivity contribution in [1.29, 1.82) is 0 Å². The maximum atomic E-state index is 15.3. The van der Waals surface area contributed by atoms with Crippen molar-refractivity contribution in [3.8, 4) is 17.0 Å². The first-order valence-electron chi connectivity index (χ1n) is 28.1. The summed E-state index contributed by atoms with van der Waals surface area (Å²) in [6.07, 6.45) is 16.3. The highest BCUT2D eigenvalue weighted by atomic mass is 19.1. The van der Waals surface area contributed by atoms with Gasteiger partial charge in [-0.25, -0.2) is 14.4 Å². The van der Waals surface area contributed by atoms with Gasteiger partial charge in [-0.3, -0.25) is 34.3 Å². The van der Waals surface area contributed by atoms with Gasteiger partial charge in [0.2, 0.25) is 29.5 Å². The number of nitrogens with one attached hydrogen (secondary N) is 2. The van der Waals surface area contributed by atoms with E-state index in [2.05, 4.69) is 57.5 Å². The molecular formula is C59H69FN10O6. The van der Waals surface area contributed by atoms with Crippen LogP contribution >= 0.6 is 0 Å². The number of piperidine rings is 4. The van der Waals surface area contributed by atoms with Crippen molar-refractivity contribution in [3.63, 3.8) is 0 Å². The van der Waals surface area contributed by atoms with E-state index in [0.717, 1.165) is 90.8 Å². The third kappa shape index (κ3) is 9.39. The van der Waals surface area contributed by atoms with Gasteiger partial charge in [-0.05, 0) is 152 Å². The van der Waals surface area contributed by atoms with Crippen LogP contribution in [-0.4, -0.2) is 121 Å². The molecule has 1 atom stereocenters. The highest BCUT2D eigenvalue weighted by molar-refractivity contribution is 6.09. The van der Waals surface area contributed by atoms with E-state index in [9.17, 15) is 19.2 Å². The molecule has 6 fully saturated rings. The van der Waals surface area contributed by atoms with Crippen LogP contribution in [0, 0.1) is 17.7 Å². The molecule has 0 radical (unpaired) electrons. The lowest BCUT2D eigenvalue weighted by molar-refractivity contribution is -0.145. The summed E-state index contributed by atoms with van der Waals surface area (Å²) in [5, 5.41) is 5.67. The van der Waals surface area contributed by atoms with Crippen LogP contribution in [0.4, 0.5) is 21.6 Å². The molecular weight excluding hydrogens is 964 g/mol. The second-order valence-corrected chi connectivity index (χ2v) is 22.9. The summed E-state index contributed by atoms with van der Waals surface area (Å²) < 4.78 is 23.4. The second-order valence-electron chi connectivity index (χ2n) is 22.9. The van der Waals surface area contributed by atoms with Crippen LogP contribution in [0.2, 0.25) is 0 Å². The number of pyridine rings is 2. The predicted octanol–water partition coefficient (Wildman–Crippen LogP) is 8.58. The normalized spacial score (nSPS) is 25.2. The van der Waals surface area contributed by atoms with Crippen LogP contribution in [0.5, 0.6) is 5.75 Å². The number of likely N-dealkylation sites (tertiary alicyclic amines) is 3. The van der Waals surface area contributed by atoms with E-state index >= 15 is 9.18 Å². The molecule has 7 aliphatic rings. The molecule has 2 saturated carbocycles. The minimum Gasteiger partial charge on any atom is -0.490 e. The van der Waals surface area contributed by atoms with E-state index in [4.69, 9.17) is 14.7 Å². The monoisotopic (exact) mass is 1030 g/mol. The number of rotatable bonds is 11. The molecule has 12 rings (SSSR count). The number of benzene rings is 2. The lowest BCUT2D eigenvalue weighted by atomic mass is 9.73. The van der Waals surface area contributed by atoms with E-state index in [1.165, 1.54) is 25.5 Å². The number of halogens is 1. The molecule has 1 spiro atoms. The number of fused-ring (bicyclic) bond motifs is 3. The summed E-state index contributed by atoms with van der Waals surface area (Å²) in [5.41, 5.74) is 5.31. The molecule has 5 aromatic rings.